The first kappa shape index (κ1) is 17.0. The molecule has 0 saturated carbocycles. The van der Waals surface area contributed by atoms with Crippen LogP contribution < -0.4 is 5.32 Å². The molecule has 0 amide bonds. The molecule has 2 heterocycles. The van der Waals surface area contributed by atoms with E-state index in [1.807, 2.05) is 73.7 Å². The van der Waals surface area contributed by atoms with Crippen molar-refractivity contribution < 1.29 is 5.11 Å². The molecule has 4 heteroatoms. The molecule has 4 nitrogen and oxygen atoms in total. The maximum absolute atomic E-state index is 10.9. The van der Waals surface area contributed by atoms with Crippen molar-refractivity contribution in [1.82, 2.24) is 9.97 Å². The lowest BCUT2D eigenvalue weighted by Crippen LogP contribution is -2.14. The van der Waals surface area contributed by atoms with Crippen LogP contribution in [-0.4, -0.2) is 15.1 Å². The number of aromatic hydroxyl groups is 1. The molecule has 0 spiro atoms. The van der Waals surface area contributed by atoms with E-state index in [0.29, 0.717) is 5.52 Å². The van der Waals surface area contributed by atoms with Crippen LogP contribution >= 0.6 is 0 Å². The van der Waals surface area contributed by atoms with Crippen molar-refractivity contribution in [2.45, 2.75) is 19.9 Å². The zero-order valence-electron chi connectivity index (χ0n) is 15.3. The van der Waals surface area contributed by atoms with Gasteiger partial charge in [0, 0.05) is 22.8 Å². The van der Waals surface area contributed by atoms with Crippen LogP contribution in [0, 0.1) is 13.8 Å². The average Bonchev–Trinajstić information content (AvgIpc) is 2.67. The highest BCUT2D eigenvalue weighted by molar-refractivity contribution is 5.86. The summed E-state index contributed by atoms with van der Waals surface area (Å²) < 4.78 is 0. The highest BCUT2D eigenvalue weighted by Gasteiger charge is 2.20. The van der Waals surface area contributed by atoms with Gasteiger partial charge in [0.2, 0.25) is 0 Å². The molecule has 0 bridgehead atoms. The van der Waals surface area contributed by atoms with E-state index in [1.165, 1.54) is 0 Å². The van der Waals surface area contributed by atoms with Crippen LogP contribution in [-0.2, 0) is 0 Å². The Kier molecular flexibility index (Phi) is 4.47. The monoisotopic (exact) mass is 355 g/mol. The van der Waals surface area contributed by atoms with Crippen LogP contribution in [0.5, 0.6) is 5.75 Å². The van der Waals surface area contributed by atoms with E-state index in [-0.39, 0.29) is 11.8 Å². The molecule has 0 radical (unpaired) electrons. The van der Waals surface area contributed by atoms with Gasteiger partial charge in [-0.25, -0.2) is 4.98 Å². The fraction of sp³-hybridized carbons (Fsp3) is 0.130. The Bertz CT molecular complexity index is 1070. The summed E-state index contributed by atoms with van der Waals surface area (Å²) in [7, 11) is 0. The molecule has 1 atom stereocenters. The molecule has 27 heavy (non-hydrogen) atoms. The number of pyridine rings is 2. The fourth-order valence-electron chi connectivity index (χ4n) is 3.43. The van der Waals surface area contributed by atoms with Gasteiger partial charge in [-0.3, -0.25) is 4.98 Å². The van der Waals surface area contributed by atoms with Gasteiger partial charge in [0.1, 0.15) is 17.1 Å². The molecule has 2 aromatic heterocycles. The number of anilines is 1. The van der Waals surface area contributed by atoms with Crippen LogP contribution in [0.3, 0.4) is 0 Å². The van der Waals surface area contributed by atoms with E-state index in [0.717, 1.165) is 33.6 Å². The minimum atomic E-state index is -0.244. The van der Waals surface area contributed by atoms with Gasteiger partial charge >= 0.3 is 0 Å². The maximum Gasteiger partial charge on any atom is 0.147 e. The third-order valence-electron chi connectivity index (χ3n) is 4.61. The second kappa shape index (κ2) is 7.08. The molecule has 4 aromatic rings. The number of hydrogen-bond acceptors (Lipinski definition) is 4. The fourth-order valence-corrected chi connectivity index (χ4v) is 3.43. The van der Waals surface area contributed by atoms with E-state index < -0.39 is 0 Å². The van der Waals surface area contributed by atoms with E-state index in [4.69, 9.17) is 0 Å². The lowest BCUT2D eigenvalue weighted by Gasteiger charge is -2.22. The first-order valence-electron chi connectivity index (χ1n) is 8.95. The molecule has 2 N–H and O–H groups in total. The number of phenolic OH excluding ortho intramolecular Hbond substituents is 1. The van der Waals surface area contributed by atoms with Gasteiger partial charge in [0.25, 0.3) is 0 Å². The smallest absolute Gasteiger partial charge is 0.147 e. The van der Waals surface area contributed by atoms with Gasteiger partial charge in [-0.2, -0.15) is 0 Å². The van der Waals surface area contributed by atoms with Crippen molar-refractivity contribution >= 4 is 16.7 Å². The third kappa shape index (κ3) is 3.47. The number of nitrogens with zero attached hydrogens (tertiary/aromatic N) is 2. The van der Waals surface area contributed by atoms with E-state index in [2.05, 4.69) is 22.2 Å². The maximum atomic E-state index is 10.9. The summed E-state index contributed by atoms with van der Waals surface area (Å²) in [4.78, 5) is 8.97. The lowest BCUT2D eigenvalue weighted by molar-refractivity contribution is 0.471. The summed E-state index contributed by atoms with van der Waals surface area (Å²) >= 11 is 0. The molecular formula is C23H21N3O. The third-order valence-corrected chi connectivity index (χ3v) is 4.61. The second-order valence-electron chi connectivity index (χ2n) is 6.74. The minimum absolute atomic E-state index is 0.193. The molecule has 4 rings (SSSR count). The first-order valence-corrected chi connectivity index (χ1v) is 8.95. The Balaban J connectivity index is 1.85. The summed E-state index contributed by atoms with van der Waals surface area (Å²) in [5, 5.41) is 15.4. The quantitative estimate of drug-likeness (QED) is 0.531. The number of fused-ring (bicyclic) bond motifs is 1. The van der Waals surface area contributed by atoms with Gasteiger partial charge in [-0.1, -0.05) is 48.5 Å². The van der Waals surface area contributed by atoms with Crippen molar-refractivity contribution in [2.75, 3.05) is 5.32 Å². The number of nitrogens with one attached hydrogen (secondary N) is 1. The zero-order valence-corrected chi connectivity index (χ0v) is 15.3. The molecule has 2 aromatic carbocycles. The Morgan fingerprint density at radius 3 is 2.52 bits per heavy atom. The summed E-state index contributed by atoms with van der Waals surface area (Å²) in [6.45, 7) is 4.03. The van der Waals surface area contributed by atoms with Gasteiger partial charge in [0.05, 0.1) is 6.04 Å². The van der Waals surface area contributed by atoms with Crippen molar-refractivity contribution in [1.29, 1.82) is 0 Å². The summed E-state index contributed by atoms with van der Waals surface area (Å²) in [5.41, 5.74) is 4.51. The Labute approximate surface area is 158 Å². The summed E-state index contributed by atoms with van der Waals surface area (Å²) in [6.07, 6.45) is 1.70. The van der Waals surface area contributed by atoms with Gasteiger partial charge < -0.3 is 10.4 Å². The molecule has 134 valence electrons. The molecule has 0 fully saturated rings. The number of phenols is 1. The number of aromatic nitrogens is 2. The Morgan fingerprint density at radius 2 is 1.74 bits per heavy atom. The zero-order chi connectivity index (χ0) is 18.8. The molecule has 0 aliphatic heterocycles. The lowest BCUT2D eigenvalue weighted by atomic mass is 9.96. The largest absolute Gasteiger partial charge is 0.505 e. The van der Waals surface area contributed by atoms with Gasteiger partial charge in [-0.15, -0.1) is 0 Å². The van der Waals surface area contributed by atoms with Crippen LogP contribution in [0.25, 0.3) is 10.9 Å². The van der Waals surface area contributed by atoms with Crippen LogP contribution in [0.2, 0.25) is 0 Å². The number of aryl methyl sites for hydroxylation is 2. The predicted octanol–water partition coefficient (Wildman–Crippen LogP) is 5.15. The second-order valence-corrected chi connectivity index (χ2v) is 6.74. The van der Waals surface area contributed by atoms with Crippen molar-refractivity contribution in [2.24, 2.45) is 0 Å². The van der Waals surface area contributed by atoms with Crippen molar-refractivity contribution in [3.8, 4) is 5.75 Å². The first-order chi connectivity index (χ1) is 13.1. The molecule has 0 aliphatic carbocycles. The Morgan fingerprint density at radius 1 is 0.926 bits per heavy atom. The predicted molar refractivity (Wildman–Crippen MR) is 109 cm³/mol. The van der Waals surface area contributed by atoms with Crippen LogP contribution in [0.15, 0.2) is 72.9 Å². The molecule has 1 unspecified atom stereocenters. The van der Waals surface area contributed by atoms with Crippen molar-refractivity contribution in [3.05, 3.63) is 95.3 Å². The highest BCUT2D eigenvalue weighted by atomic mass is 16.3. The number of rotatable bonds is 4. The summed E-state index contributed by atoms with van der Waals surface area (Å²) in [5.74, 6) is 0.973. The van der Waals surface area contributed by atoms with E-state index in [1.54, 1.807) is 6.20 Å². The SMILES string of the molecule is Cc1cc(C)nc(NC(c2ccccc2)c2ccc3cccnc3c2O)c1. The highest BCUT2D eigenvalue weighted by Crippen LogP contribution is 2.36. The molecule has 0 aliphatic rings. The van der Waals surface area contributed by atoms with E-state index in [9.17, 15) is 5.11 Å². The van der Waals surface area contributed by atoms with Gasteiger partial charge in [0.15, 0.2) is 0 Å². The topological polar surface area (TPSA) is 58.0 Å². The number of benzene rings is 2. The van der Waals surface area contributed by atoms with Crippen molar-refractivity contribution in [3.63, 3.8) is 0 Å². The summed E-state index contributed by atoms with van der Waals surface area (Å²) in [6, 6.07) is 21.6. The Hall–Kier alpha value is -3.40. The molecular weight excluding hydrogens is 334 g/mol. The number of hydrogen-bond donors (Lipinski definition) is 2. The minimum Gasteiger partial charge on any atom is -0.505 e. The standard InChI is InChI=1S/C23H21N3O/c1-15-13-16(2)25-20(14-15)26-21(17-7-4-3-5-8-17)19-11-10-18-9-6-12-24-22(18)23(19)27/h3-14,21,27H,1-2H3,(H,25,26). The van der Waals surface area contributed by atoms with Gasteiger partial charge in [-0.05, 0) is 43.2 Å². The normalized spacial score (nSPS) is 12.1. The van der Waals surface area contributed by atoms with Crippen LogP contribution in [0.4, 0.5) is 5.82 Å². The van der Waals surface area contributed by atoms with Crippen LogP contribution in [0.1, 0.15) is 28.4 Å². The average molecular weight is 355 g/mol. The van der Waals surface area contributed by atoms with E-state index >= 15 is 0 Å². The molecule has 0 saturated heterocycles.